The van der Waals surface area contributed by atoms with Crippen LogP contribution in [0, 0.1) is 0 Å². The van der Waals surface area contributed by atoms with Crippen molar-refractivity contribution in [2.24, 2.45) is 4.99 Å². The molecule has 3 rings (SSSR count). The molecule has 0 aromatic heterocycles. The van der Waals surface area contributed by atoms with Gasteiger partial charge < -0.3 is 15.4 Å². The lowest BCUT2D eigenvalue weighted by atomic mass is 10.1. The first-order chi connectivity index (χ1) is 11.3. The number of ether oxygens (including phenoxy) is 1. The number of hydrogen-bond acceptors (Lipinski definition) is 3. The normalized spacial score (nSPS) is 19.6. The standard InChI is InChI=1S/C18H28N4O/c1-19-18(20-8-9-22-10-12-23-13-11-22)21-14-15-2-4-16(5-3-15)17-6-7-17/h2-5,17H,6-14H2,1H3,(H2,19,20,21). The Balaban J connectivity index is 1.36. The van der Waals surface area contributed by atoms with Crippen LogP contribution in [0.1, 0.15) is 29.9 Å². The highest BCUT2D eigenvalue weighted by molar-refractivity contribution is 5.79. The van der Waals surface area contributed by atoms with Gasteiger partial charge in [0.05, 0.1) is 13.2 Å². The molecule has 1 aliphatic heterocycles. The van der Waals surface area contributed by atoms with Crippen LogP contribution < -0.4 is 10.6 Å². The van der Waals surface area contributed by atoms with Crippen molar-refractivity contribution in [3.05, 3.63) is 35.4 Å². The second-order valence-corrected chi connectivity index (χ2v) is 6.32. The summed E-state index contributed by atoms with van der Waals surface area (Å²) in [5, 5.41) is 6.77. The molecule has 5 nitrogen and oxygen atoms in total. The molecule has 0 amide bonds. The van der Waals surface area contributed by atoms with Crippen molar-refractivity contribution in [3.8, 4) is 0 Å². The summed E-state index contributed by atoms with van der Waals surface area (Å²) < 4.78 is 5.36. The van der Waals surface area contributed by atoms with Gasteiger partial charge in [0.15, 0.2) is 5.96 Å². The van der Waals surface area contributed by atoms with Gasteiger partial charge in [0, 0.05) is 39.8 Å². The fourth-order valence-electron chi connectivity index (χ4n) is 2.89. The molecule has 0 bridgehead atoms. The molecule has 1 aromatic rings. The fraction of sp³-hybridized carbons (Fsp3) is 0.611. The summed E-state index contributed by atoms with van der Waals surface area (Å²) in [4.78, 5) is 6.71. The summed E-state index contributed by atoms with van der Waals surface area (Å²) in [6, 6.07) is 8.98. The van der Waals surface area contributed by atoms with Crippen molar-refractivity contribution in [2.75, 3.05) is 46.4 Å². The quantitative estimate of drug-likeness (QED) is 0.618. The molecule has 2 N–H and O–H groups in total. The molecule has 2 aliphatic rings. The van der Waals surface area contributed by atoms with E-state index in [9.17, 15) is 0 Å². The Morgan fingerprint density at radius 2 is 1.91 bits per heavy atom. The second-order valence-electron chi connectivity index (χ2n) is 6.32. The van der Waals surface area contributed by atoms with Crippen LogP contribution in [-0.4, -0.2) is 57.3 Å². The average molecular weight is 316 g/mol. The van der Waals surface area contributed by atoms with E-state index in [0.717, 1.165) is 57.8 Å². The monoisotopic (exact) mass is 316 g/mol. The Morgan fingerprint density at radius 3 is 2.57 bits per heavy atom. The van der Waals surface area contributed by atoms with E-state index in [2.05, 4.69) is 44.8 Å². The third kappa shape index (κ3) is 5.22. The highest BCUT2D eigenvalue weighted by atomic mass is 16.5. The number of guanidine groups is 1. The van der Waals surface area contributed by atoms with Crippen molar-refractivity contribution >= 4 is 5.96 Å². The van der Waals surface area contributed by atoms with Crippen molar-refractivity contribution in [2.45, 2.75) is 25.3 Å². The Morgan fingerprint density at radius 1 is 1.17 bits per heavy atom. The van der Waals surface area contributed by atoms with E-state index in [1.807, 2.05) is 7.05 Å². The Bertz CT molecular complexity index is 504. The zero-order valence-corrected chi connectivity index (χ0v) is 14.1. The van der Waals surface area contributed by atoms with E-state index in [0.29, 0.717) is 0 Å². The minimum Gasteiger partial charge on any atom is -0.379 e. The number of nitrogens with zero attached hydrogens (tertiary/aromatic N) is 2. The number of hydrogen-bond donors (Lipinski definition) is 2. The number of aliphatic imine (C=N–C) groups is 1. The van der Waals surface area contributed by atoms with E-state index in [-0.39, 0.29) is 0 Å². The van der Waals surface area contributed by atoms with Gasteiger partial charge in [0.25, 0.3) is 0 Å². The Kier molecular flexibility index (Phi) is 5.88. The highest BCUT2D eigenvalue weighted by Gasteiger charge is 2.22. The molecule has 1 saturated carbocycles. The third-order valence-electron chi connectivity index (χ3n) is 4.54. The molecule has 0 atom stereocenters. The van der Waals surface area contributed by atoms with Gasteiger partial charge in [0.1, 0.15) is 0 Å². The maximum absolute atomic E-state index is 5.36. The van der Waals surface area contributed by atoms with E-state index >= 15 is 0 Å². The number of nitrogens with one attached hydrogen (secondary N) is 2. The van der Waals surface area contributed by atoms with Crippen molar-refractivity contribution in [3.63, 3.8) is 0 Å². The van der Waals surface area contributed by atoms with Gasteiger partial charge in [-0.15, -0.1) is 0 Å². The molecular formula is C18H28N4O. The third-order valence-corrected chi connectivity index (χ3v) is 4.54. The zero-order valence-electron chi connectivity index (χ0n) is 14.1. The van der Waals surface area contributed by atoms with Gasteiger partial charge in [-0.2, -0.15) is 0 Å². The van der Waals surface area contributed by atoms with Crippen molar-refractivity contribution in [1.82, 2.24) is 15.5 Å². The van der Waals surface area contributed by atoms with Gasteiger partial charge in [-0.1, -0.05) is 24.3 Å². The highest BCUT2D eigenvalue weighted by Crippen LogP contribution is 2.39. The molecule has 2 fully saturated rings. The smallest absolute Gasteiger partial charge is 0.191 e. The molecule has 5 heteroatoms. The van der Waals surface area contributed by atoms with E-state index in [1.54, 1.807) is 0 Å². The maximum Gasteiger partial charge on any atom is 0.191 e. The Hall–Kier alpha value is -1.59. The minimum absolute atomic E-state index is 0.808. The largest absolute Gasteiger partial charge is 0.379 e. The molecule has 1 aromatic carbocycles. The summed E-state index contributed by atoms with van der Waals surface area (Å²) in [6.45, 7) is 6.50. The molecular weight excluding hydrogens is 288 g/mol. The summed E-state index contributed by atoms with van der Waals surface area (Å²) in [7, 11) is 1.82. The first kappa shape index (κ1) is 16.3. The van der Waals surface area contributed by atoms with Crippen LogP contribution in [0.15, 0.2) is 29.3 Å². The minimum atomic E-state index is 0.808. The lowest BCUT2D eigenvalue weighted by Gasteiger charge is -2.26. The van der Waals surface area contributed by atoms with Gasteiger partial charge in [-0.25, -0.2) is 0 Å². The Labute approximate surface area is 139 Å². The molecule has 0 unspecified atom stereocenters. The molecule has 126 valence electrons. The second kappa shape index (κ2) is 8.31. The summed E-state index contributed by atoms with van der Waals surface area (Å²) >= 11 is 0. The maximum atomic E-state index is 5.36. The van der Waals surface area contributed by atoms with Gasteiger partial charge >= 0.3 is 0 Å². The van der Waals surface area contributed by atoms with Gasteiger partial charge in [0.2, 0.25) is 0 Å². The lowest BCUT2D eigenvalue weighted by Crippen LogP contribution is -2.44. The van der Waals surface area contributed by atoms with E-state index < -0.39 is 0 Å². The molecule has 0 spiro atoms. The fourth-order valence-corrected chi connectivity index (χ4v) is 2.89. The van der Waals surface area contributed by atoms with Crippen LogP contribution in [0.5, 0.6) is 0 Å². The number of morpholine rings is 1. The van der Waals surface area contributed by atoms with Gasteiger partial charge in [-0.3, -0.25) is 9.89 Å². The SMILES string of the molecule is CN=C(NCCN1CCOCC1)NCc1ccc(C2CC2)cc1. The van der Waals surface area contributed by atoms with E-state index in [1.165, 1.54) is 24.0 Å². The van der Waals surface area contributed by atoms with Crippen LogP contribution in [0.2, 0.25) is 0 Å². The number of rotatable bonds is 6. The summed E-state index contributed by atoms with van der Waals surface area (Å²) in [6.07, 6.45) is 2.72. The average Bonchev–Trinajstić information content (AvgIpc) is 3.44. The van der Waals surface area contributed by atoms with Crippen LogP contribution in [-0.2, 0) is 11.3 Å². The molecule has 0 radical (unpaired) electrons. The summed E-state index contributed by atoms with van der Waals surface area (Å²) in [5.74, 6) is 1.69. The molecule has 23 heavy (non-hydrogen) atoms. The summed E-state index contributed by atoms with van der Waals surface area (Å²) in [5.41, 5.74) is 2.78. The van der Waals surface area contributed by atoms with Crippen LogP contribution in [0.3, 0.4) is 0 Å². The first-order valence-corrected chi connectivity index (χ1v) is 8.68. The lowest BCUT2D eigenvalue weighted by molar-refractivity contribution is 0.0389. The van der Waals surface area contributed by atoms with Crippen LogP contribution in [0.25, 0.3) is 0 Å². The topological polar surface area (TPSA) is 48.9 Å². The van der Waals surface area contributed by atoms with Crippen LogP contribution in [0.4, 0.5) is 0 Å². The molecule has 1 heterocycles. The first-order valence-electron chi connectivity index (χ1n) is 8.68. The van der Waals surface area contributed by atoms with Crippen molar-refractivity contribution < 1.29 is 4.74 Å². The predicted octanol–water partition coefficient (Wildman–Crippen LogP) is 1.56. The van der Waals surface area contributed by atoms with Crippen LogP contribution >= 0.6 is 0 Å². The molecule has 1 saturated heterocycles. The van der Waals surface area contributed by atoms with Gasteiger partial charge in [-0.05, 0) is 29.9 Å². The molecule has 1 aliphatic carbocycles. The predicted molar refractivity (Wildman–Crippen MR) is 93.9 cm³/mol. The zero-order chi connectivity index (χ0) is 15.9. The number of benzene rings is 1. The van der Waals surface area contributed by atoms with Crippen molar-refractivity contribution in [1.29, 1.82) is 0 Å². The van der Waals surface area contributed by atoms with E-state index in [4.69, 9.17) is 4.74 Å².